The summed E-state index contributed by atoms with van der Waals surface area (Å²) in [6.45, 7) is 11.6. The topological polar surface area (TPSA) is 0 Å². The van der Waals surface area contributed by atoms with E-state index in [1.54, 1.807) is 5.57 Å². The highest BCUT2D eigenvalue weighted by Crippen LogP contribution is 2.49. The lowest BCUT2D eigenvalue weighted by molar-refractivity contribution is 0.712. The summed E-state index contributed by atoms with van der Waals surface area (Å²) in [5.74, 6) is 4.35. The zero-order chi connectivity index (χ0) is 11.9. The molecule has 0 radical (unpaired) electrons. The fourth-order valence-electron chi connectivity index (χ4n) is 2.83. The summed E-state index contributed by atoms with van der Waals surface area (Å²) >= 11 is 0. The van der Waals surface area contributed by atoms with Crippen LogP contribution in [0.3, 0.4) is 0 Å². The van der Waals surface area contributed by atoms with Crippen molar-refractivity contribution < 1.29 is 0 Å². The fourth-order valence-corrected chi connectivity index (χ4v) is 2.83. The molecule has 2 fully saturated rings. The molecule has 2 aliphatic rings. The highest BCUT2D eigenvalue weighted by Gasteiger charge is 2.39. The van der Waals surface area contributed by atoms with E-state index in [0.29, 0.717) is 5.92 Å². The summed E-state index contributed by atoms with van der Waals surface area (Å²) in [7, 11) is 0. The molecule has 2 rings (SSSR count). The first kappa shape index (κ1) is 12.0. The second kappa shape index (κ2) is 4.39. The predicted molar refractivity (Wildman–Crippen MR) is 71.2 cm³/mol. The number of hydrogen-bond acceptors (Lipinski definition) is 0. The van der Waals surface area contributed by atoms with Gasteiger partial charge in [0.25, 0.3) is 0 Å². The SMILES string of the molecule is CC(C)=CC(C)C(=CC1CC1C)C1CC1C. The van der Waals surface area contributed by atoms with Gasteiger partial charge in [0.05, 0.1) is 0 Å². The molecule has 2 aliphatic carbocycles. The Labute approximate surface area is 101 Å². The fraction of sp³-hybridized carbons (Fsp3) is 0.750. The van der Waals surface area contributed by atoms with Crippen molar-refractivity contribution in [1.29, 1.82) is 0 Å². The largest absolute Gasteiger partial charge is 0.0811 e. The van der Waals surface area contributed by atoms with Gasteiger partial charge in [0, 0.05) is 0 Å². The molecule has 0 heterocycles. The molecule has 5 unspecified atom stereocenters. The summed E-state index contributed by atoms with van der Waals surface area (Å²) in [6, 6.07) is 0. The number of rotatable bonds is 4. The van der Waals surface area contributed by atoms with Crippen molar-refractivity contribution in [1.82, 2.24) is 0 Å². The van der Waals surface area contributed by atoms with E-state index in [1.807, 2.05) is 0 Å². The van der Waals surface area contributed by atoms with Crippen LogP contribution in [0.4, 0.5) is 0 Å². The van der Waals surface area contributed by atoms with Crippen LogP contribution in [-0.4, -0.2) is 0 Å². The molecule has 0 heteroatoms. The predicted octanol–water partition coefficient (Wildman–Crippen LogP) is 4.83. The summed E-state index contributed by atoms with van der Waals surface area (Å²) in [5, 5.41) is 0. The third kappa shape index (κ3) is 2.78. The van der Waals surface area contributed by atoms with Gasteiger partial charge in [-0.3, -0.25) is 0 Å². The van der Waals surface area contributed by atoms with Gasteiger partial charge in [-0.05, 0) is 56.3 Å². The molecule has 0 saturated heterocycles. The van der Waals surface area contributed by atoms with Gasteiger partial charge in [-0.25, -0.2) is 0 Å². The maximum absolute atomic E-state index is 2.61. The minimum Gasteiger partial charge on any atom is -0.0811 e. The first-order chi connectivity index (χ1) is 7.49. The second-order valence-corrected chi connectivity index (χ2v) is 6.40. The van der Waals surface area contributed by atoms with Crippen LogP contribution in [0.1, 0.15) is 47.5 Å². The van der Waals surface area contributed by atoms with Crippen LogP contribution in [0.5, 0.6) is 0 Å². The van der Waals surface area contributed by atoms with Crippen molar-refractivity contribution in [2.24, 2.45) is 29.6 Å². The third-order valence-electron chi connectivity index (χ3n) is 4.22. The molecule has 16 heavy (non-hydrogen) atoms. The van der Waals surface area contributed by atoms with Crippen molar-refractivity contribution in [3.8, 4) is 0 Å². The highest BCUT2D eigenvalue weighted by atomic mass is 14.4. The Hall–Kier alpha value is -0.520. The van der Waals surface area contributed by atoms with Crippen molar-refractivity contribution in [2.75, 3.05) is 0 Å². The Bertz CT molecular complexity index is 317. The van der Waals surface area contributed by atoms with Crippen LogP contribution in [0, 0.1) is 29.6 Å². The molecule has 0 aliphatic heterocycles. The molecule has 2 saturated carbocycles. The summed E-state index contributed by atoms with van der Waals surface area (Å²) in [6.07, 6.45) is 7.90. The van der Waals surface area contributed by atoms with E-state index in [2.05, 4.69) is 46.8 Å². The van der Waals surface area contributed by atoms with Gasteiger partial charge in [-0.1, -0.05) is 44.1 Å². The molecule has 0 aromatic carbocycles. The van der Waals surface area contributed by atoms with Gasteiger partial charge in [-0.2, -0.15) is 0 Å². The number of allylic oxidation sites excluding steroid dienone is 4. The quantitative estimate of drug-likeness (QED) is 0.593. The van der Waals surface area contributed by atoms with Crippen LogP contribution in [0.25, 0.3) is 0 Å². The standard InChI is InChI=1S/C16H26/c1-10(2)6-12(4)16(15-8-13(15)5)9-14-7-11(14)3/h6,9,11-15H,7-8H2,1-5H3. The van der Waals surface area contributed by atoms with Crippen molar-refractivity contribution in [2.45, 2.75) is 47.5 Å². The van der Waals surface area contributed by atoms with Crippen LogP contribution in [-0.2, 0) is 0 Å². The van der Waals surface area contributed by atoms with Crippen molar-refractivity contribution in [3.63, 3.8) is 0 Å². The van der Waals surface area contributed by atoms with Gasteiger partial charge in [0.15, 0.2) is 0 Å². The van der Waals surface area contributed by atoms with Gasteiger partial charge >= 0.3 is 0 Å². The molecule has 5 atom stereocenters. The minimum atomic E-state index is 0.660. The van der Waals surface area contributed by atoms with E-state index in [9.17, 15) is 0 Å². The lowest BCUT2D eigenvalue weighted by Crippen LogP contribution is -2.01. The highest BCUT2D eigenvalue weighted by molar-refractivity contribution is 5.25. The minimum absolute atomic E-state index is 0.660. The lowest BCUT2D eigenvalue weighted by Gasteiger charge is -2.13. The lowest BCUT2D eigenvalue weighted by atomic mass is 9.92. The van der Waals surface area contributed by atoms with Gasteiger partial charge in [0.2, 0.25) is 0 Å². The molecular weight excluding hydrogens is 192 g/mol. The Morgan fingerprint density at radius 3 is 2.06 bits per heavy atom. The van der Waals surface area contributed by atoms with Crippen LogP contribution >= 0.6 is 0 Å². The summed E-state index contributed by atoms with van der Waals surface area (Å²) in [4.78, 5) is 0. The van der Waals surface area contributed by atoms with E-state index >= 15 is 0 Å². The van der Waals surface area contributed by atoms with Crippen molar-refractivity contribution in [3.05, 3.63) is 23.3 Å². The average molecular weight is 218 g/mol. The molecule has 0 amide bonds. The molecule has 90 valence electrons. The van der Waals surface area contributed by atoms with Gasteiger partial charge in [-0.15, -0.1) is 0 Å². The maximum atomic E-state index is 2.61. The molecule has 0 spiro atoms. The average Bonchev–Trinajstić information content (AvgIpc) is 3.02. The smallest absolute Gasteiger partial charge is 0.00462 e. The Kier molecular flexibility index (Phi) is 3.28. The van der Waals surface area contributed by atoms with E-state index in [0.717, 1.165) is 23.7 Å². The van der Waals surface area contributed by atoms with Crippen LogP contribution < -0.4 is 0 Å². The molecule has 0 nitrogen and oxygen atoms in total. The third-order valence-corrected chi connectivity index (χ3v) is 4.22. The zero-order valence-electron chi connectivity index (χ0n) is 11.5. The van der Waals surface area contributed by atoms with E-state index in [4.69, 9.17) is 0 Å². The first-order valence-electron chi connectivity index (χ1n) is 6.85. The molecular formula is C16H26. The monoisotopic (exact) mass is 218 g/mol. The summed E-state index contributed by atoms with van der Waals surface area (Å²) < 4.78 is 0. The molecule has 0 aromatic heterocycles. The van der Waals surface area contributed by atoms with Gasteiger partial charge < -0.3 is 0 Å². The van der Waals surface area contributed by atoms with E-state index < -0.39 is 0 Å². The van der Waals surface area contributed by atoms with Gasteiger partial charge in [0.1, 0.15) is 0 Å². The van der Waals surface area contributed by atoms with Crippen LogP contribution in [0.2, 0.25) is 0 Å². The van der Waals surface area contributed by atoms with E-state index in [-0.39, 0.29) is 0 Å². The Balaban J connectivity index is 2.08. The summed E-state index contributed by atoms with van der Waals surface area (Å²) in [5.41, 5.74) is 3.19. The zero-order valence-corrected chi connectivity index (χ0v) is 11.5. The Morgan fingerprint density at radius 1 is 1.12 bits per heavy atom. The van der Waals surface area contributed by atoms with Crippen LogP contribution in [0.15, 0.2) is 23.3 Å². The van der Waals surface area contributed by atoms with Crippen molar-refractivity contribution >= 4 is 0 Å². The maximum Gasteiger partial charge on any atom is -0.00462 e. The molecule has 0 aromatic rings. The van der Waals surface area contributed by atoms with E-state index in [1.165, 1.54) is 18.4 Å². The Morgan fingerprint density at radius 2 is 1.69 bits per heavy atom. The molecule has 0 bridgehead atoms. The number of hydrogen-bond donors (Lipinski definition) is 0. The molecule has 0 N–H and O–H groups in total. The second-order valence-electron chi connectivity index (χ2n) is 6.40. The first-order valence-corrected chi connectivity index (χ1v) is 6.85. The normalized spacial score (nSPS) is 39.2.